The van der Waals surface area contributed by atoms with Crippen molar-refractivity contribution in [2.24, 2.45) is 0 Å². The van der Waals surface area contributed by atoms with Crippen LogP contribution in [0.3, 0.4) is 0 Å². The number of carbonyl (C=O) groups excluding carboxylic acids is 2. The maximum atomic E-state index is 11.9. The molecule has 0 aromatic carbocycles. The van der Waals surface area contributed by atoms with E-state index in [1.54, 1.807) is 25.9 Å². The largest absolute Gasteiger partial charge is 0.385 e. The van der Waals surface area contributed by atoms with E-state index in [0.717, 1.165) is 6.42 Å². The highest BCUT2D eigenvalue weighted by molar-refractivity contribution is 5.96. The van der Waals surface area contributed by atoms with Crippen molar-refractivity contribution in [2.45, 2.75) is 32.4 Å². The van der Waals surface area contributed by atoms with Crippen LogP contribution < -0.4 is 5.32 Å². The minimum atomic E-state index is -0.442. The summed E-state index contributed by atoms with van der Waals surface area (Å²) in [7, 11) is 1.65. The van der Waals surface area contributed by atoms with Crippen molar-refractivity contribution in [3.05, 3.63) is 0 Å². The van der Waals surface area contributed by atoms with Crippen molar-refractivity contribution >= 4 is 11.8 Å². The molecule has 1 N–H and O–H groups in total. The molecule has 1 heterocycles. The third-order valence-corrected chi connectivity index (χ3v) is 2.97. The highest BCUT2D eigenvalue weighted by atomic mass is 16.5. The second-order valence-corrected chi connectivity index (χ2v) is 4.40. The molecule has 1 rings (SSSR count). The first-order valence-electron chi connectivity index (χ1n) is 6.25. The predicted molar refractivity (Wildman–Crippen MR) is 66.1 cm³/mol. The molecule has 1 saturated heterocycles. The van der Waals surface area contributed by atoms with Crippen LogP contribution in [0, 0.1) is 0 Å². The Morgan fingerprint density at radius 3 is 2.61 bits per heavy atom. The zero-order chi connectivity index (χ0) is 13.5. The second kappa shape index (κ2) is 7.33. The van der Waals surface area contributed by atoms with E-state index in [2.05, 4.69) is 5.32 Å². The molecule has 1 aliphatic rings. The number of rotatable bonds is 7. The predicted octanol–water partition coefficient (Wildman–Crippen LogP) is -0.225. The fourth-order valence-corrected chi connectivity index (χ4v) is 1.85. The quantitative estimate of drug-likeness (QED) is 0.641. The Bertz CT molecular complexity index is 296. The Labute approximate surface area is 108 Å². The molecule has 1 fully saturated rings. The average molecular weight is 258 g/mol. The third kappa shape index (κ3) is 3.96. The van der Waals surface area contributed by atoms with Gasteiger partial charge in [0, 0.05) is 26.9 Å². The van der Waals surface area contributed by atoms with Crippen molar-refractivity contribution in [1.82, 2.24) is 10.2 Å². The van der Waals surface area contributed by atoms with Crippen LogP contribution in [0.25, 0.3) is 0 Å². The van der Waals surface area contributed by atoms with Crippen LogP contribution in [-0.2, 0) is 19.1 Å². The van der Waals surface area contributed by atoms with Crippen LogP contribution in [-0.4, -0.2) is 62.3 Å². The van der Waals surface area contributed by atoms with Crippen LogP contribution >= 0.6 is 0 Å². The van der Waals surface area contributed by atoms with Gasteiger partial charge in [-0.2, -0.15) is 0 Å². The molecule has 18 heavy (non-hydrogen) atoms. The lowest BCUT2D eigenvalue weighted by Crippen LogP contribution is -2.61. The van der Waals surface area contributed by atoms with E-state index in [1.807, 2.05) is 0 Å². The highest BCUT2D eigenvalue weighted by Crippen LogP contribution is 2.09. The first-order chi connectivity index (χ1) is 8.57. The number of hydrogen-bond acceptors (Lipinski definition) is 4. The van der Waals surface area contributed by atoms with Crippen molar-refractivity contribution < 1.29 is 19.1 Å². The Morgan fingerprint density at radius 1 is 1.22 bits per heavy atom. The smallest absolute Gasteiger partial charge is 0.245 e. The van der Waals surface area contributed by atoms with Gasteiger partial charge in [0.05, 0.1) is 6.61 Å². The molecule has 0 aromatic heterocycles. The molecule has 0 saturated carbocycles. The van der Waals surface area contributed by atoms with Crippen LogP contribution in [0.2, 0.25) is 0 Å². The minimum absolute atomic E-state index is 0.0532. The molecule has 0 bridgehead atoms. The Kier molecular flexibility index (Phi) is 6.07. The molecule has 6 heteroatoms. The molecule has 6 nitrogen and oxygen atoms in total. The summed E-state index contributed by atoms with van der Waals surface area (Å²) in [5, 5.41) is 2.64. The Balaban J connectivity index is 2.30. The van der Waals surface area contributed by atoms with Gasteiger partial charge < -0.3 is 19.7 Å². The summed E-state index contributed by atoms with van der Waals surface area (Å²) in [6.07, 6.45) is 0.830. The number of amides is 2. The van der Waals surface area contributed by atoms with Gasteiger partial charge >= 0.3 is 0 Å². The van der Waals surface area contributed by atoms with Crippen LogP contribution in [0.1, 0.15) is 20.3 Å². The van der Waals surface area contributed by atoms with Crippen molar-refractivity contribution in [3.8, 4) is 0 Å². The van der Waals surface area contributed by atoms with E-state index < -0.39 is 12.1 Å². The minimum Gasteiger partial charge on any atom is -0.385 e. The summed E-state index contributed by atoms with van der Waals surface area (Å²) in [5.41, 5.74) is 0. The molecule has 2 amide bonds. The molecule has 2 atom stereocenters. The molecular formula is C12H22N2O4. The average Bonchev–Trinajstić information content (AvgIpc) is 2.35. The molecule has 1 aliphatic heterocycles. The maximum Gasteiger partial charge on any atom is 0.245 e. The summed E-state index contributed by atoms with van der Waals surface area (Å²) in [6, 6.07) is -0.863. The van der Waals surface area contributed by atoms with Gasteiger partial charge in [0.25, 0.3) is 0 Å². The van der Waals surface area contributed by atoms with E-state index in [4.69, 9.17) is 9.47 Å². The number of nitrogens with one attached hydrogen (secondary N) is 1. The monoisotopic (exact) mass is 258 g/mol. The summed E-state index contributed by atoms with van der Waals surface area (Å²) in [4.78, 5) is 25.0. The number of nitrogens with zero attached hydrogens (tertiary/aromatic N) is 1. The zero-order valence-electron chi connectivity index (χ0n) is 11.3. The maximum absolute atomic E-state index is 11.9. The number of hydrogen-bond donors (Lipinski definition) is 1. The first-order valence-corrected chi connectivity index (χ1v) is 6.25. The van der Waals surface area contributed by atoms with Crippen LogP contribution in [0.15, 0.2) is 0 Å². The Hall–Kier alpha value is -1.14. The second-order valence-electron chi connectivity index (χ2n) is 4.40. The topological polar surface area (TPSA) is 67.9 Å². The lowest BCUT2D eigenvalue weighted by atomic mass is 10.1. The summed E-state index contributed by atoms with van der Waals surface area (Å²) >= 11 is 0. The van der Waals surface area contributed by atoms with Crippen molar-refractivity contribution in [3.63, 3.8) is 0 Å². The molecule has 0 aromatic rings. The van der Waals surface area contributed by atoms with Gasteiger partial charge in [0.2, 0.25) is 11.8 Å². The van der Waals surface area contributed by atoms with E-state index in [1.165, 1.54) is 0 Å². The molecule has 0 radical (unpaired) electrons. The number of ether oxygens (including phenoxy) is 2. The molecule has 0 spiro atoms. The lowest BCUT2D eigenvalue weighted by Gasteiger charge is -2.36. The van der Waals surface area contributed by atoms with Gasteiger partial charge in [0.15, 0.2) is 0 Å². The molecular weight excluding hydrogens is 236 g/mol. The SMILES string of the molecule is COCCCOCCN1C(=O)C(C)NC(=O)C1C. The van der Waals surface area contributed by atoms with Gasteiger partial charge in [0.1, 0.15) is 12.1 Å². The van der Waals surface area contributed by atoms with E-state index >= 15 is 0 Å². The van der Waals surface area contributed by atoms with Crippen LogP contribution in [0.4, 0.5) is 0 Å². The Morgan fingerprint density at radius 2 is 1.94 bits per heavy atom. The van der Waals surface area contributed by atoms with E-state index in [9.17, 15) is 9.59 Å². The normalized spacial score (nSPS) is 24.3. The van der Waals surface area contributed by atoms with E-state index in [-0.39, 0.29) is 11.8 Å². The van der Waals surface area contributed by atoms with Crippen LogP contribution in [0.5, 0.6) is 0 Å². The fourth-order valence-electron chi connectivity index (χ4n) is 1.85. The van der Waals surface area contributed by atoms with Gasteiger partial charge in [-0.05, 0) is 20.3 Å². The van der Waals surface area contributed by atoms with Gasteiger partial charge in [-0.3, -0.25) is 9.59 Å². The molecule has 104 valence electrons. The fraction of sp³-hybridized carbons (Fsp3) is 0.833. The third-order valence-electron chi connectivity index (χ3n) is 2.97. The van der Waals surface area contributed by atoms with Crippen molar-refractivity contribution in [2.75, 3.05) is 33.5 Å². The number of methoxy groups -OCH3 is 1. The summed E-state index contributed by atoms with van der Waals surface area (Å²) < 4.78 is 10.3. The van der Waals surface area contributed by atoms with Gasteiger partial charge in [-0.15, -0.1) is 0 Å². The summed E-state index contributed by atoms with van der Waals surface area (Å²) in [6.45, 7) is 5.58. The molecule has 2 unspecified atom stereocenters. The van der Waals surface area contributed by atoms with Gasteiger partial charge in [-0.1, -0.05) is 0 Å². The van der Waals surface area contributed by atoms with Crippen molar-refractivity contribution in [1.29, 1.82) is 0 Å². The standard InChI is InChI=1S/C12H22N2O4/c1-9-12(16)14(10(2)11(15)13-9)5-8-18-7-4-6-17-3/h9-10H,4-8H2,1-3H3,(H,13,15). The number of carbonyl (C=O) groups is 2. The number of piperazine rings is 1. The zero-order valence-corrected chi connectivity index (χ0v) is 11.3. The first kappa shape index (κ1) is 14.9. The van der Waals surface area contributed by atoms with Gasteiger partial charge in [-0.25, -0.2) is 0 Å². The highest BCUT2D eigenvalue weighted by Gasteiger charge is 2.35. The lowest BCUT2D eigenvalue weighted by molar-refractivity contribution is -0.148. The molecule has 0 aliphatic carbocycles. The summed E-state index contributed by atoms with van der Waals surface area (Å²) in [5.74, 6) is -0.163. The van der Waals surface area contributed by atoms with E-state index in [0.29, 0.717) is 26.4 Å².